The highest BCUT2D eigenvalue weighted by atomic mass is 32.1. The number of anilines is 1. The van der Waals surface area contributed by atoms with Crippen molar-refractivity contribution in [1.29, 1.82) is 0 Å². The molecule has 1 aromatic rings. The summed E-state index contributed by atoms with van der Waals surface area (Å²) in [7, 11) is 0. The molecule has 0 saturated carbocycles. The first-order valence-electron chi connectivity index (χ1n) is 5.18. The largest absolute Gasteiger partial charge is 0.396 e. The van der Waals surface area contributed by atoms with Gasteiger partial charge in [0, 0.05) is 12.3 Å². The van der Waals surface area contributed by atoms with Crippen molar-refractivity contribution < 1.29 is 15.3 Å². The number of aliphatic hydroxyl groups is 3. The number of hydrogen-bond donors (Lipinski definition) is 5. The highest BCUT2D eigenvalue weighted by Gasteiger charge is 2.17. The normalized spacial score (nSPS) is 14.1. The van der Waals surface area contributed by atoms with Gasteiger partial charge in [-0.2, -0.15) is 0 Å². The summed E-state index contributed by atoms with van der Waals surface area (Å²) < 4.78 is 0. The Bertz CT molecular complexity index is 369. The van der Waals surface area contributed by atoms with Gasteiger partial charge in [-0.25, -0.2) is 0 Å². The molecule has 0 saturated heterocycles. The van der Waals surface area contributed by atoms with Crippen LogP contribution in [0.3, 0.4) is 0 Å². The van der Waals surface area contributed by atoms with Gasteiger partial charge in [-0.3, -0.25) is 0 Å². The zero-order chi connectivity index (χ0) is 12.8. The van der Waals surface area contributed by atoms with Crippen molar-refractivity contribution >= 4 is 23.0 Å². The van der Waals surface area contributed by atoms with Crippen molar-refractivity contribution in [2.24, 2.45) is 5.73 Å². The maximum absolute atomic E-state index is 9.76. The average Bonchev–Trinajstić information content (AvgIpc) is 2.28. The van der Waals surface area contributed by atoms with E-state index in [0.29, 0.717) is 11.3 Å². The van der Waals surface area contributed by atoms with E-state index in [2.05, 4.69) is 17.5 Å². The highest BCUT2D eigenvalue weighted by molar-refractivity contribution is 7.80. The van der Waals surface area contributed by atoms with E-state index in [-0.39, 0.29) is 18.1 Å². The van der Waals surface area contributed by atoms with E-state index >= 15 is 0 Å². The van der Waals surface area contributed by atoms with E-state index in [4.69, 9.17) is 10.8 Å². The Balaban J connectivity index is 2.69. The zero-order valence-corrected chi connectivity index (χ0v) is 10.0. The van der Waals surface area contributed by atoms with Crippen LogP contribution >= 0.6 is 12.2 Å². The lowest BCUT2D eigenvalue weighted by molar-refractivity contribution is 0.00422. The Morgan fingerprint density at radius 1 is 1.29 bits per heavy atom. The smallest absolute Gasteiger partial charge is 0.168 e. The standard InChI is InChI=1S/C11H16N2O3S/c12-11(17)13-8-3-1-7(2-4-8)10(16)9(15)5-6-14/h1-4,9-10,14-16H,5-6H2,(H3,12,13,17). The minimum Gasteiger partial charge on any atom is -0.396 e. The number of rotatable bonds is 5. The van der Waals surface area contributed by atoms with Gasteiger partial charge in [0.25, 0.3) is 0 Å². The SMILES string of the molecule is NC(=S)Nc1ccc(C(O)C(O)CCO)cc1. The number of benzene rings is 1. The molecule has 94 valence electrons. The van der Waals surface area contributed by atoms with Crippen molar-refractivity contribution in [2.45, 2.75) is 18.6 Å². The summed E-state index contributed by atoms with van der Waals surface area (Å²) in [5, 5.41) is 30.9. The van der Waals surface area contributed by atoms with Crippen LogP contribution in [0.15, 0.2) is 24.3 Å². The van der Waals surface area contributed by atoms with Crippen molar-refractivity contribution in [2.75, 3.05) is 11.9 Å². The molecule has 2 atom stereocenters. The van der Waals surface area contributed by atoms with Crippen LogP contribution in [0.4, 0.5) is 5.69 Å². The van der Waals surface area contributed by atoms with Gasteiger partial charge in [-0.1, -0.05) is 12.1 Å². The number of nitrogens with one attached hydrogen (secondary N) is 1. The van der Waals surface area contributed by atoms with Crippen LogP contribution < -0.4 is 11.1 Å². The fraction of sp³-hybridized carbons (Fsp3) is 0.364. The molecule has 0 spiro atoms. The molecule has 0 bridgehead atoms. The predicted octanol–water partition coefficient (Wildman–Crippen LogP) is 0.119. The van der Waals surface area contributed by atoms with Crippen LogP contribution in [0, 0.1) is 0 Å². The van der Waals surface area contributed by atoms with Gasteiger partial charge < -0.3 is 26.4 Å². The third-order valence-electron chi connectivity index (χ3n) is 2.31. The summed E-state index contributed by atoms with van der Waals surface area (Å²) in [6.07, 6.45) is -1.86. The van der Waals surface area contributed by atoms with Crippen molar-refractivity contribution in [3.05, 3.63) is 29.8 Å². The molecule has 0 aliphatic heterocycles. The van der Waals surface area contributed by atoms with Gasteiger partial charge in [-0.05, 0) is 36.3 Å². The van der Waals surface area contributed by atoms with Crippen molar-refractivity contribution in [1.82, 2.24) is 0 Å². The summed E-state index contributed by atoms with van der Waals surface area (Å²) in [5.74, 6) is 0. The first-order chi connectivity index (χ1) is 8.04. The quantitative estimate of drug-likeness (QED) is 0.480. The second-order valence-electron chi connectivity index (χ2n) is 3.64. The Morgan fingerprint density at radius 3 is 2.35 bits per heavy atom. The lowest BCUT2D eigenvalue weighted by Crippen LogP contribution is -2.20. The van der Waals surface area contributed by atoms with Crippen LogP contribution in [-0.2, 0) is 0 Å². The Labute approximate surface area is 105 Å². The van der Waals surface area contributed by atoms with E-state index in [1.54, 1.807) is 24.3 Å². The molecular weight excluding hydrogens is 240 g/mol. The van der Waals surface area contributed by atoms with E-state index in [1.165, 1.54) is 0 Å². The highest BCUT2D eigenvalue weighted by Crippen LogP contribution is 2.20. The molecule has 0 amide bonds. The number of thiocarbonyl (C=S) groups is 1. The minimum atomic E-state index is -1.01. The third kappa shape index (κ3) is 4.27. The minimum absolute atomic E-state index is 0.133. The summed E-state index contributed by atoms with van der Waals surface area (Å²) in [5.41, 5.74) is 6.60. The summed E-state index contributed by atoms with van der Waals surface area (Å²) >= 11 is 4.69. The van der Waals surface area contributed by atoms with Gasteiger partial charge in [0.05, 0.1) is 6.10 Å². The molecule has 6 N–H and O–H groups in total. The zero-order valence-electron chi connectivity index (χ0n) is 9.21. The fourth-order valence-corrected chi connectivity index (χ4v) is 1.54. The van der Waals surface area contributed by atoms with Gasteiger partial charge in [0.1, 0.15) is 6.10 Å². The molecule has 6 heteroatoms. The van der Waals surface area contributed by atoms with Crippen LogP contribution in [0.5, 0.6) is 0 Å². The maximum atomic E-state index is 9.76. The summed E-state index contributed by atoms with van der Waals surface area (Å²) in [6.45, 7) is -0.167. The lowest BCUT2D eigenvalue weighted by Gasteiger charge is -2.17. The van der Waals surface area contributed by atoms with E-state index in [0.717, 1.165) is 0 Å². The molecule has 0 heterocycles. The average molecular weight is 256 g/mol. The molecule has 0 radical (unpaired) electrons. The van der Waals surface area contributed by atoms with Gasteiger partial charge >= 0.3 is 0 Å². The van der Waals surface area contributed by atoms with Crippen LogP contribution in [0.2, 0.25) is 0 Å². The molecule has 5 nitrogen and oxygen atoms in total. The topological polar surface area (TPSA) is 98.7 Å². The van der Waals surface area contributed by atoms with Gasteiger partial charge in [0.2, 0.25) is 0 Å². The first kappa shape index (κ1) is 13.9. The fourth-order valence-electron chi connectivity index (χ4n) is 1.42. The molecule has 17 heavy (non-hydrogen) atoms. The molecule has 0 aliphatic rings. The first-order valence-corrected chi connectivity index (χ1v) is 5.59. The van der Waals surface area contributed by atoms with Crippen LogP contribution in [0.1, 0.15) is 18.1 Å². The monoisotopic (exact) mass is 256 g/mol. The number of hydrogen-bond acceptors (Lipinski definition) is 4. The number of nitrogens with two attached hydrogens (primary N) is 1. The molecule has 0 aromatic heterocycles. The second kappa shape index (κ2) is 6.51. The Kier molecular flexibility index (Phi) is 5.30. The third-order valence-corrected chi connectivity index (χ3v) is 2.41. The molecule has 0 fully saturated rings. The summed E-state index contributed by atoms with van der Waals surface area (Å²) in [4.78, 5) is 0. The molecule has 0 aliphatic carbocycles. The van der Waals surface area contributed by atoms with Crippen molar-refractivity contribution in [3.63, 3.8) is 0 Å². The molecule has 1 aromatic carbocycles. The Morgan fingerprint density at radius 2 is 1.88 bits per heavy atom. The predicted molar refractivity (Wildman–Crippen MR) is 69.5 cm³/mol. The van der Waals surface area contributed by atoms with E-state index in [9.17, 15) is 10.2 Å². The summed E-state index contributed by atoms with van der Waals surface area (Å²) in [6, 6.07) is 6.71. The van der Waals surface area contributed by atoms with Gasteiger partial charge in [0.15, 0.2) is 5.11 Å². The molecular formula is C11H16N2O3S. The van der Waals surface area contributed by atoms with E-state index < -0.39 is 12.2 Å². The maximum Gasteiger partial charge on any atom is 0.168 e. The van der Waals surface area contributed by atoms with Crippen LogP contribution in [0.25, 0.3) is 0 Å². The number of aliphatic hydroxyl groups excluding tert-OH is 3. The van der Waals surface area contributed by atoms with Crippen molar-refractivity contribution in [3.8, 4) is 0 Å². The lowest BCUT2D eigenvalue weighted by atomic mass is 10.0. The van der Waals surface area contributed by atoms with Crippen LogP contribution in [-0.4, -0.2) is 33.1 Å². The Hall–Kier alpha value is -1.21. The molecule has 2 unspecified atom stereocenters. The second-order valence-corrected chi connectivity index (χ2v) is 4.08. The van der Waals surface area contributed by atoms with E-state index in [1.807, 2.05) is 0 Å². The molecule has 1 rings (SSSR count). The van der Waals surface area contributed by atoms with Gasteiger partial charge in [-0.15, -0.1) is 0 Å².